The lowest BCUT2D eigenvalue weighted by Crippen LogP contribution is -2.27. The van der Waals surface area contributed by atoms with Crippen LogP contribution in [-0.4, -0.2) is 24.4 Å². The molecule has 1 amide bonds. The van der Waals surface area contributed by atoms with Crippen LogP contribution in [0.3, 0.4) is 0 Å². The number of carbonyl (C=O) groups is 1. The predicted molar refractivity (Wildman–Crippen MR) is 60.5 cm³/mol. The molecule has 0 aliphatic rings. The normalized spacial score (nSPS) is 9.60. The van der Waals surface area contributed by atoms with Crippen LogP contribution in [0.4, 0.5) is 0 Å². The number of amides is 1. The van der Waals surface area contributed by atoms with E-state index in [4.69, 9.17) is 5.26 Å². The van der Waals surface area contributed by atoms with E-state index in [0.29, 0.717) is 19.4 Å². The van der Waals surface area contributed by atoms with Gasteiger partial charge in [0.1, 0.15) is 0 Å². The summed E-state index contributed by atoms with van der Waals surface area (Å²) in [5.74, 6) is 0.110. The molecule has 0 atom stereocenters. The summed E-state index contributed by atoms with van der Waals surface area (Å²) >= 11 is 1.67. The molecule has 1 heterocycles. The standard InChI is InChI=1S/C11H14N2OS/c1-13(8-3-7-12)11(14)6-5-10-4-2-9-15-10/h2,4,9H,3,5-6,8H2,1H3. The van der Waals surface area contributed by atoms with Gasteiger partial charge in [0.25, 0.3) is 0 Å². The summed E-state index contributed by atoms with van der Waals surface area (Å²) in [5.41, 5.74) is 0. The van der Waals surface area contributed by atoms with Crippen molar-refractivity contribution in [2.75, 3.05) is 13.6 Å². The molecule has 0 radical (unpaired) electrons. The van der Waals surface area contributed by atoms with Gasteiger partial charge in [-0.25, -0.2) is 0 Å². The maximum Gasteiger partial charge on any atom is 0.222 e. The summed E-state index contributed by atoms with van der Waals surface area (Å²) in [4.78, 5) is 14.4. The van der Waals surface area contributed by atoms with Gasteiger partial charge in [-0.2, -0.15) is 5.26 Å². The summed E-state index contributed by atoms with van der Waals surface area (Å²) in [6.45, 7) is 0.528. The van der Waals surface area contributed by atoms with E-state index >= 15 is 0 Å². The van der Waals surface area contributed by atoms with Crippen LogP contribution in [0, 0.1) is 11.3 Å². The second kappa shape index (κ2) is 6.20. The van der Waals surface area contributed by atoms with E-state index in [1.165, 1.54) is 4.88 Å². The first-order valence-electron chi connectivity index (χ1n) is 4.87. The van der Waals surface area contributed by atoms with Crippen molar-refractivity contribution in [3.05, 3.63) is 22.4 Å². The second-order valence-corrected chi connectivity index (χ2v) is 4.34. The Kier molecular flexibility index (Phi) is 4.85. The van der Waals surface area contributed by atoms with Crippen molar-refractivity contribution in [3.8, 4) is 6.07 Å². The fourth-order valence-corrected chi connectivity index (χ4v) is 1.93. The Morgan fingerprint density at radius 3 is 3.07 bits per heavy atom. The molecular formula is C11H14N2OS. The molecule has 0 fully saturated rings. The van der Waals surface area contributed by atoms with Crippen LogP contribution in [-0.2, 0) is 11.2 Å². The smallest absolute Gasteiger partial charge is 0.222 e. The molecular weight excluding hydrogens is 208 g/mol. The van der Waals surface area contributed by atoms with E-state index in [0.717, 1.165) is 6.42 Å². The number of nitriles is 1. The third-order valence-corrected chi connectivity index (χ3v) is 3.09. The second-order valence-electron chi connectivity index (χ2n) is 3.30. The highest BCUT2D eigenvalue weighted by molar-refractivity contribution is 7.09. The number of rotatable bonds is 5. The van der Waals surface area contributed by atoms with E-state index in [1.54, 1.807) is 23.3 Å². The third kappa shape index (κ3) is 4.13. The highest BCUT2D eigenvalue weighted by Crippen LogP contribution is 2.11. The van der Waals surface area contributed by atoms with Gasteiger partial charge >= 0.3 is 0 Å². The van der Waals surface area contributed by atoms with E-state index in [2.05, 4.69) is 0 Å². The molecule has 1 aromatic heterocycles. The molecule has 0 saturated heterocycles. The lowest BCUT2D eigenvalue weighted by molar-refractivity contribution is -0.129. The molecule has 4 heteroatoms. The largest absolute Gasteiger partial charge is 0.345 e. The fourth-order valence-electron chi connectivity index (χ4n) is 1.22. The van der Waals surface area contributed by atoms with Crippen LogP contribution in [0.15, 0.2) is 17.5 Å². The zero-order valence-electron chi connectivity index (χ0n) is 8.77. The minimum atomic E-state index is 0.110. The molecule has 0 N–H and O–H groups in total. The number of nitrogens with zero attached hydrogens (tertiary/aromatic N) is 2. The maximum atomic E-state index is 11.6. The SMILES string of the molecule is CN(CCC#N)C(=O)CCc1cccs1. The van der Waals surface area contributed by atoms with Crippen molar-refractivity contribution in [2.45, 2.75) is 19.3 Å². The molecule has 1 rings (SSSR count). The van der Waals surface area contributed by atoms with Gasteiger partial charge in [0.05, 0.1) is 12.5 Å². The molecule has 0 bridgehead atoms. The molecule has 80 valence electrons. The Morgan fingerprint density at radius 2 is 2.47 bits per heavy atom. The maximum absolute atomic E-state index is 11.6. The monoisotopic (exact) mass is 222 g/mol. The summed E-state index contributed by atoms with van der Waals surface area (Å²) in [7, 11) is 1.74. The van der Waals surface area contributed by atoms with Gasteiger partial charge in [0.15, 0.2) is 0 Å². The minimum absolute atomic E-state index is 0.110. The first-order valence-corrected chi connectivity index (χ1v) is 5.75. The average molecular weight is 222 g/mol. The molecule has 3 nitrogen and oxygen atoms in total. The van der Waals surface area contributed by atoms with E-state index in [9.17, 15) is 4.79 Å². The highest BCUT2D eigenvalue weighted by atomic mass is 32.1. The molecule has 1 aromatic rings. The Hall–Kier alpha value is -1.34. The van der Waals surface area contributed by atoms with Crippen molar-refractivity contribution in [2.24, 2.45) is 0 Å². The van der Waals surface area contributed by atoms with Gasteiger partial charge in [-0.1, -0.05) is 6.07 Å². The van der Waals surface area contributed by atoms with Gasteiger partial charge in [-0.3, -0.25) is 4.79 Å². The Labute approximate surface area is 93.9 Å². The fraction of sp³-hybridized carbons (Fsp3) is 0.455. The molecule has 0 aliphatic carbocycles. The Balaban J connectivity index is 2.27. The van der Waals surface area contributed by atoms with Crippen molar-refractivity contribution in [1.82, 2.24) is 4.90 Å². The van der Waals surface area contributed by atoms with Crippen molar-refractivity contribution < 1.29 is 4.79 Å². The number of carbonyl (C=O) groups excluding carboxylic acids is 1. The van der Waals surface area contributed by atoms with Crippen LogP contribution in [0.5, 0.6) is 0 Å². The minimum Gasteiger partial charge on any atom is -0.345 e. The molecule has 0 aliphatic heterocycles. The van der Waals surface area contributed by atoms with Crippen LogP contribution in [0.2, 0.25) is 0 Å². The lowest BCUT2D eigenvalue weighted by Gasteiger charge is -2.14. The lowest BCUT2D eigenvalue weighted by atomic mass is 10.2. The van der Waals surface area contributed by atoms with Crippen molar-refractivity contribution in [3.63, 3.8) is 0 Å². The van der Waals surface area contributed by atoms with Gasteiger partial charge < -0.3 is 4.90 Å². The molecule has 0 aromatic carbocycles. The van der Waals surface area contributed by atoms with Gasteiger partial charge in [-0.05, 0) is 17.9 Å². The summed E-state index contributed by atoms with van der Waals surface area (Å²) in [6, 6.07) is 6.06. The van der Waals surface area contributed by atoms with Crippen LogP contribution in [0.1, 0.15) is 17.7 Å². The van der Waals surface area contributed by atoms with Crippen molar-refractivity contribution in [1.29, 1.82) is 5.26 Å². The number of hydrogen-bond donors (Lipinski definition) is 0. The van der Waals surface area contributed by atoms with Gasteiger partial charge in [-0.15, -0.1) is 11.3 Å². The number of aryl methyl sites for hydroxylation is 1. The van der Waals surface area contributed by atoms with Gasteiger partial charge in [0, 0.05) is 24.9 Å². The van der Waals surface area contributed by atoms with E-state index in [-0.39, 0.29) is 5.91 Å². The van der Waals surface area contributed by atoms with Gasteiger partial charge in [0.2, 0.25) is 5.91 Å². The third-order valence-electron chi connectivity index (χ3n) is 2.15. The Bertz CT molecular complexity index is 340. The summed E-state index contributed by atoms with van der Waals surface area (Å²) < 4.78 is 0. The average Bonchev–Trinajstić information content (AvgIpc) is 2.75. The Morgan fingerprint density at radius 1 is 1.67 bits per heavy atom. The highest BCUT2D eigenvalue weighted by Gasteiger charge is 2.08. The topological polar surface area (TPSA) is 44.1 Å². The molecule has 0 unspecified atom stereocenters. The quantitative estimate of drug-likeness (QED) is 0.765. The summed E-state index contributed by atoms with van der Waals surface area (Å²) in [5, 5.41) is 10.4. The van der Waals surface area contributed by atoms with E-state index < -0.39 is 0 Å². The predicted octanol–water partition coefficient (Wildman–Crippen LogP) is 2.05. The van der Waals surface area contributed by atoms with Crippen molar-refractivity contribution >= 4 is 17.2 Å². The number of thiophene rings is 1. The first-order chi connectivity index (χ1) is 7.24. The zero-order valence-corrected chi connectivity index (χ0v) is 9.59. The zero-order chi connectivity index (χ0) is 11.1. The molecule has 0 spiro atoms. The summed E-state index contributed by atoms with van der Waals surface area (Å²) in [6.07, 6.45) is 1.73. The van der Waals surface area contributed by atoms with E-state index in [1.807, 2.05) is 23.6 Å². The number of hydrogen-bond acceptors (Lipinski definition) is 3. The first kappa shape index (κ1) is 11.7. The molecule has 15 heavy (non-hydrogen) atoms. The molecule has 0 saturated carbocycles. The van der Waals surface area contributed by atoms with Crippen LogP contribution >= 0.6 is 11.3 Å². The van der Waals surface area contributed by atoms with Crippen LogP contribution in [0.25, 0.3) is 0 Å². The van der Waals surface area contributed by atoms with Crippen LogP contribution < -0.4 is 0 Å².